The van der Waals surface area contributed by atoms with Crippen LogP contribution in [0.1, 0.15) is 22.7 Å². The molecule has 1 amide bonds. The van der Waals surface area contributed by atoms with Crippen molar-refractivity contribution in [2.45, 2.75) is 13.0 Å². The summed E-state index contributed by atoms with van der Waals surface area (Å²) in [6.07, 6.45) is 3.44. The van der Waals surface area contributed by atoms with Crippen LogP contribution in [0, 0.1) is 6.92 Å². The van der Waals surface area contributed by atoms with Gasteiger partial charge in [-0.1, -0.05) is 60.2 Å². The second kappa shape index (κ2) is 9.32. The fraction of sp³-hybridized carbons (Fsp3) is 0.318. The van der Waals surface area contributed by atoms with E-state index in [1.165, 1.54) is 11.1 Å². The molecule has 1 saturated heterocycles. The molecule has 1 aliphatic rings. The Balaban J connectivity index is 1.64. The summed E-state index contributed by atoms with van der Waals surface area (Å²) in [4.78, 5) is 14.6. The van der Waals surface area contributed by atoms with E-state index in [9.17, 15) is 4.79 Å². The molecule has 0 spiro atoms. The topological polar surface area (TPSA) is 41.6 Å². The van der Waals surface area contributed by atoms with Crippen molar-refractivity contribution in [1.29, 1.82) is 0 Å². The number of ether oxygens (including phenoxy) is 1. The summed E-state index contributed by atoms with van der Waals surface area (Å²) in [6, 6.07) is 18.6. The summed E-state index contributed by atoms with van der Waals surface area (Å²) in [5.41, 5.74) is 3.49. The van der Waals surface area contributed by atoms with E-state index in [2.05, 4.69) is 41.4 Å². The molecule has 0 aromatic heterocycles. The van der Waals surface area contributed by atoms with Crippen molar-refractivity contribution in [3.8, 4) is 0 Å². The number of hydrogen-bond acceptors (Lipinski definition) is 3. The Bertz CT molecular complexity index is 720. The molecule has 1 atom stereocenters. The van der Waals surface area contributed by atoms with E-state index in [0.717, 1.165) is 31.9 Å². The number of hydrogen-bond donors (Lipinski definition) is 1. The van der Waals surface area contributed by atoms with Crippen LogP contribution in [0.3, 0.4) is 0 Å². The maximum absolute atomic E-state index is 12.2. The van der Waals surface area contributed by atoms with E-state index in [1.54, 1.807) is 6.08 Å². The molecule has 1 aliphatic heterocycles. The molecule has 3 rings (SSSR count). The van der Waals surface area contributed by atoms with Crippen LogP contribution in [0.4, 0.5) is 0 Å². The van der Waals surface area contributed by atoms with Gasteiger partial charge in [-0.2, -0.15) is 0 Å². The summed E-state index contributed by atoms with van der Waals surface area (Å²) in [7, 11) is 0. The molecule has 136 valence electrons. The van der Waals surface area contributed by atoms with Gasteiger partial charge in [0, 0.05) is 25.7 Å². The summed E-state index contributed by atoms with van der Waals surface area (Å²) < 4.78 is 5.48. The van der Waals surface area contributed by atoms with Gasteiger partial charge in [0.15, 0.2) is 0 Å². The summed E-state index contributed by atoms with van der Waals surface area (Å²) >= 11 is 0. The standard InChI is InChI=1S/C22H26N2O2/c1-18-7-10-20(11-8-18)21(24-13-15-26-16-14-24)17-23-22(25)12-9-19-5-3-2-4-6-19/h2-12,21H,13-17H2,1H3,(H,23,25). The van der Waals surface area contributed by atoms with Crippen molar-refractivity contribution in [2.24, 2.45) is 0 Å². The largest absolute Gasteiger partial charge is 0.379 e. The number of aryl methyl sites for hydroxylation is 1. The Morgan fingerprint density at radius 2 is 1.81 bits per heavy atom. The molecule has 1 N–H and O–H groups in total. The lowest BCUT2D eigenvalue weighted by molar-refractivity contribution is -0.116. The average Bonchev–Trinajstić information content (AvgIpc) is 2.69. The van der Waals surface area contributed by atoms with Crippen molar-refractivity contribution < 1.29 is 9.53 Å². The van der Waals surface area contributed by atoms with Crippen molar-refractivity contribution >= 4 is 12.0 Å². The van der Waals surface area contributed by atoms with E-state index >= 15 is 0 Å². The van der Waals surface area contributed by atoms with Crippen LogP contribution >= 0.6 is 0 Å². The number of nitrogens with one attached hydrogen (secondary N) is 1. The summed E-state index contributed by atoms with van der Waals surface area (Å²) in [6.45, 7) is 5.92. The lowest BCUT2D eigenvalue weighted by Crippen LogP contribution is -2.43. The van der Waals surface area contributed by atoms with Gasteiger partial charge in [0.2, 0.25) is 5.91 Å². The number of amides is 1. The van der Waals surface area contributed by atoms with Crippen molar-refractivity contribution in [3.63, 3.8) is 0 Å². The maximum Gasteiger partial charge on any atom is 0.244 e. The van der Waals surface area contributed by atoms with Crippen LogP contribution in [0.25, 0.3) is 6.08 Å². The van der Waals surface area contributed by atoms with Gasteiger partial charge in [-0.15, -0.1) is 0 Å². The number of benzene rings is 2. The number of nitrogens with zero attached hydrogens (tertiary/aromatic N) is 1. The first kappa shape index (κ1) is 18.4. The number of carbonyl (C=O) groups is 1. The highest BCUT2D eigenvalue weighted by Gasteiger charge is 2.22. The fourth-order valence-electron chi connectivity index (χ4n) is 3.13. The second-order valence-electron chi connectivity index (χ2n) is 6.56. The van der Waals surface area contributed by atoms with Gasteiger partial charge >= 0.3 is 0 Å². The molecule has 0 bridgehead atoms. The van der Waals surface area contributed by atoms with E-state index in [0.29, 0.717) is 6.54 Å². The van der Waals surface area contributed by atoms with Gasteiger partial charge < -0.3 is 10.1 Å². The van der Waals surface area contributed by atoms with Crippen LogP contribution in [0.2, 0.25) is 0 Å². The first-order chi connectivity index (χ1) is 12.7. The minimum Gasteiger partial charge on any atom is -0.379 e. The molecule has 2 aromatic rings. The Kier molecular flexibility index (Phi) is 6.58. The predicted octanol–water partition coefficient (Wildman–Crippen LogP) is 3.20. The van der Waals surface area contributed by atoms with E-state index in [1.807, 2.05) is 36.4 Å². The van der Waals surface area contributed by atoms with Crippen LogP contribution in [-0.2, 0) is 9.53 Å². The molecule has 26 heavy (non-hydrogen) atoms. The quantitative estimate of drug-likeness (QED) is 0.814. The maximum atomic E-state index is 12.2. The third-order valence-corrected chi connectivity index (χ3v) is 4.64. The van der Waals surface area contributed by atoms with Crippen molar-refractivity contribution in [3.05, 3.63) is 77.4 Å². The van der Waals surface area contributed by atoms with Crippen molar-refractivity contribution in [1.82, 2.24) is 10.2 Å². The first-order valence-corrected chi connectivity index (χ1v) is 9.12. The second-order valence-corrected chi connectivity index (χ2v) is 6.56. The smallest absolute Gasteiger partial charge is 0.244 e. The van der Waals surface area contributed by atoms with Gasteiger partial charge in [0.05, 0.1) is 19.3 Å². The zero-order chi connectivity index (χ0) is 18.2. The number of rotatable bonds is 6. The van der Waals surface area contributed by atoms with Gasteiger partial charge in [-0.05, 0) is 24.1 Å². The highest BCUT2D eigenvalue weighted by atomic mass is 16.5. The lowest BCUT2D eigenvalue weighted by atomic mass is 10.0. The van der Waals surface area contributed by atoms with Crippen LogP contribution < -0.4 is 5.32 Å². The fourth-order valence-corrected chi connectivity index (χ4v) is 3.13. The Morgan fingerprint density at radius 1 is 1.12 bits per heavy atom. The monoisotopic (exact) mass is 350 g/mol. The van der Waals surface area contributed by atoms with E-state index in [4.69, 9.17) is 4.74 Å². The molecular weight excluding hydrogens is 324 g/mol. The minimum atomic E-state index is -0.0702. The molecule has 0 radical (unpaired) electrons. The zero-order valence-corrected chi connectivity index (χ0v) is 15.2. The molecule has 2 aromatic carbocycles. The third-order valence-electron chi connectivity index (χ3n) is 4.64. The first-order valence-electron chi connectivity index (χ1n) is 9.12. The minimum absolute atomic E-state index is 0.0702. The number of morpholine rings is 1. The van der Waals surface area contributed by atoms with E-state index in [-0.39, 0.29) is 11.9 Å². The third kappa shape index (κ3) is 5.28. The van der Waals surface area contributed by atoms with E-state index < -0.39 is 0 Å². The van der Waals surface area contributed by atoms with Crippen LogP contribution in [0.5, 0.6) is 0 Å². The SMILES string of the molecule is Cc1ccc(C(CNC(=O)C=Cc2ccccc2)N2CCOCC2)cc1. The van der Waals surface area contributed by atoms with Gasteiger partial charge in [0.1, 0.15) is 0 Å². The zero-order valence-electron chi connectivity index (χ0n) is 15.2. The molecule has 4 heteroatoms. The molecular formula is C22H26N2O2. The average molecular weight is 350 g/mol. The van der Waals surface area contributed by atoms with Gasteiger partial charge in [-0.3, -0.25) is 9.69 Å². The van der Waals surface area contributed by atoms with Crippen molar-refractivity contribution in [2.75, 3.05) is 32.8 Å². The highest BCUT2D eigenvalue weighted by molar-refractivity contribution is 5.91. The van der Waals surface area contributed by atoms with Gasteiger partial charge in [-0.25, -0.2) is 0 Å². The predicted molar refractivity (Wildman–Crippen MR) is 105 cm³/mol. The molecule has 1 unspecified atom stereocenters. The summed E-state index contributed by atoms with van der Waals surface area (Å²) in [5.74, 6) is -0.0702. The molecule has 1 heterocycles. The van der Waals surface area contributed by atoms with Gasteiger partial charge in [0.25, 0.3) is 0 Å². The highest BCUT2D eigenvalue weighted by Crippen LogP contribution is 2.21. The normalized spacial score (nSPS) is 16.5. The lowest BCUT2D eigenvalue weighted by Gasteiger charge is -2.35. The Labute approximate surface area is 155 Å². The number of carbonyl (C=O) groups excluding carboxylic acids is 1. The molecule has 4 nitrogen and oxygen atoms in total. The molecule has 0 saturated carbocycles. The summed E-state index contributed by atoms with van der Waals surface area (Å²) in [5, 5.41) is 3.06. The molecule has 0 aliphatic carbocycles. The Morgan fingerprint density at radius 3 is 2.50 bits per heavy atom. The molecule has 1 fully saturated rings. The Hall–Kier alpha value is -2.43. The van der Waals surface area contributed by atoms with Crippen LogP contribution in [0.15, 0.2) is 60.7 Å². The van der Waals surface area contributed by atoms with Crippen LogP contribution in [-0.4, -0.2) is 43.7 Å².